The molecule has 0 aliphatic heterocycles. The average Bonchev–Trinajstić information content (AvgIpc) is 2.91. The van der Waals surface area contributed by atoms with Gasteiger partial charge in [0.2, 0.25) is 0 Å². The number of pyridine rings is 1. The Bertz CT molecular complexity index is 380. The first-order valence-corrected chi connectivity index (χ1v) is 6.07. The highest BCUT2D eigenvalue weighted by Gasteiger charge is 2.40. The van der Waals surface area contributed by atoms with E-state index >= 15 is 0 Å². The molecule has 16 heavy (non-hydrogen) atoms. The Morgan fingerprint density at radius 3 is 3.00 bits per heavy atom. The van der Waals surface area contributed by atoms with Gasteiger partial charge in [0.25, 0.3) is 0 Å². The van der Waals surface area contributed by atoms with E-state index in [1.165, 1.54) is 25.7 Å². The van der Waals surface area contributed by atoms with E-state index in [4.69, 9.17) is 9.84 Å². The molecule has 2 fully saturated rings. The zero-order valence-electron chi connectivity index (χ0n) is 9.30. The van der Waals surface area contributed by atoms with Crippen molar-refractivity contribution < 1.29 is 9.84 Å². The molecule has 1 aromatic rings. The molecule has 0 radical (unpaired) electrons. The molecule has 0 amide bonds. The van der Waals surface area contributed by atoms with E-state index in [9.17, 15) is 0 Å². The fourth-order valence-electron chi connectivity index (χ4n) is 3.12. The van der Waals surface area contributed by atoms with Gasteiger partial charge >= 0.3 is 0 Å². The van der Waals surface area contributed by atoms with Crippen molar-refractivity contribution in [1.29, 1.82) is 0 Å². The van der Waals surface area contributed by atoms with Gasteiger partial charge in [-0.15, -0.1) is 0 Å². The van der Waals surface area contributed by atoms with Crippen molar-refractivity contribution in [2.24, 2.45) is 11.8 Å². The van der Waals surface area contributed by atoms with E-state index in [0.717, 1.165) is 17.6 Å². The molecule has 3 nitrogen and oxygen atoms in total. The minimum absolute atomic E-state index is 0.0199. The standard InChI is InChI=1S/C13H17NO2/c15-8-11-7-12(3-4-14-11)16-13-6-9-1-2-10(13)5-9/h3-4,7,9-10,13,15H,1-2,5-6,8H2/t9-,10+,13+/m0/s1. The molecule has 3 heteroatoms. The van der Waals surface area contributed by atoms with Crippen molar-refractivity contribution in [2.45, 2.75) is 38.4 Å². The maximum atomic E-state index is 9.01. The van der Waals surface area contributed by atoms with Gasteiger partial charge in [0, 0.05) is 12.3 Å². The summed E-state index contributed by atoms with van der Waals surface area (Å²) in [5.74, 6) is 2.52. The van der Waals surface area contributed by atoms with Gasteiger partial charge in [-0.25, -0.2) is 0 Å². The molecule has 86 valence electrons. The Morgan fingerprint density at radius 1 is 1.38 bits per heavy atom. The zero-order valence-corrected chi connectivity index (χ0v) is 9.30. The van der Waals surface area contributed by atoms with Crippen LogP contribution >= 0.6 is 0 Å². The van der Waals surface area contributed by atoms with E-state index < -0.39 is 0 Å². The minimum Gasteiger partial charge on any atom is -0.490 e. The number of rotatable bonds is 3. The first-order valence-electron chi connectivity index (χ1n) is 6.07. The van der Waals surface area contributed by atoms with Gasteiger partial charge in [-0.1, -0.05) is 0 Å². The molecule has 3 atom stereocenters. The van der Waals surface area contributed by atoms with Crippen LogP contribution in [-0.4, -0.2) is 16.2 Å². The van der Waals surface area contributed by atoms with Crippen LogP contribution in [0.25, 0.3) is 0 Å². The summed E-state index contributed by atoms with van der Waals surface area (Å²) in [6.45, 7) is -0.0199. The molecule has 1 heterocycles. The summed E-state index contributed by atoms with van der Waals surface area (Å²) >= 11 is 0. The summed E-state index contributed by atoms with van der Waals surface area (Å²) in [5, 5.41) is 9.01. The monoisotopic (exact) mass is 219 g/mol. The molecule has 2 saturated carbocycles. The summed E-state index contributed by atoms with van der Waals surface area (Å²) in [6.07, 6.45) is 7.38. The van der Waals surface area contributed by atoms with Crippen LogP contribution < -0.4 is 4.74 Å². The summed E-state index contributed by atoms with van der Waals surface area (Å²) in [6, 6.07) is 3.72. The molecule has 2 aliphatic rings. The number of aromatic nitrogens is 1. The van der Waals surface area contributed by atoms with Gasteiger partial charge in [0.1, 0.15) is 11.9 Å². The lowest BCUT2D eigenvalue weighted by atomic mass is 9.98. The van der Waals surface area contributed by atoms with E-state index in [1.807, 2.05) is 12.1 Å². The molecule has 0 unspecified atom stereocenters. The highest BCUT2D eigenvalue weighted by molar-refractivity contribution is 5.23. The first kappa shape index (κ1) is 10.1. The maximum absolute atomic E-state index is 9.01. The number of hydrogen-bond acceptors (Lipinski definition) is 3. The second kappa shape index (κ2) is 4.06. The number of hydrogen-bond donors (Lipinski definition) is 1. The van der Waals surface area contributed by atoms with Gasteiger partial charge in [-0.05, 0) is 43.6 Å². The SMILES string of the molecule is OCc1cc(O[C@@H]2C[C@H]3CC[C@@H]2C3)ccn1. The third kappa shape index (κ3) is 1.80. The topological polar surface area (TPSA) is 42.4 Å². The molecule has 0 aromatic carbocycles. The largest absolute Gasteiger partial charge is 0.490 e. The molecular weight excluding hydrogens is 202 g/mol. The average molecular weight is 219 g/mol. The number of aliphatic hydroxyl groups is 1. The number of ether oxygens (including phenoxy) is 1. The van der Waals surface area contributed by atoms with E-state index in [2.05, 4.69) is 4.98 Å². The van der Waals surface area contributed by atoms with Crippen molar-refractivity contribution in [3.05, 3.63) is 24.0 Å². The Kier molecular flexibility index (Phi) is 2.56. The lowest BCUT2D eigenvalue weighted by molar-refractivity contribution is 0.138. The van der Waals surface area contributed by atoms with E-state index in [-0.39, 0.29) is 6.61 Å². The van der Waals surface area contributed by atoms with Crippen molar-refractivity contribution in [3.63, 3.8) is 0 Å². The van der Waals surface area contributed by atoms with Crippen LogP contribution in [-0.2, 0) is 6.61 Å². The molecule has 2 aliphatic carbocycles. The third-order valence-electron chi connectivity index (χ3n) is 3.91. The van der Waals surface area contributed by atoms with Crippen LogP contribution in [0.1, 0.15) is 31.4 Å². The molecule has 2 bridgehead atoms. The van der Waals surface area contributed by atoms with Gasteiger partial charge < -0.3 is 9.84 Å². The normalized spacial score (nSPS) is 31.9. The number of fused-ring (bicyclic) bond motifs is 2. The lowest BCUT2D eigenvalue weighted by Crippen LogP contribution is -2.23. The Labute approximate surface area is 95.5 Å². The van der Waals surface area contributed by atoms with Crippen molar-refractivity contribution >= 4 is 0 Å². The molecule has 1 aromatic heterocycles. The van der Waals surface area contributed by atoms with Crippen LogP contribution in [0.2, 0.25) is 0 Å². The third-order valence-corrected chi connectivity index (χ3v) is 3.91. The fourth-order valence-corrected chi connectivity index (χ4v) is 3.12. The van der Waals surface area contributed by atoms with Gasteiger partial charge in [-0.3, -0.25) is 4.98 Å². The van der Waals surface area contributed by atoms with Crippen LogP contribution in [0.15, 0.2) is 18.3 Å². The number of nitrogens with zero attached hydrogens (tertiary/aromatic N) is 1. The van der Waals surface area contributed by atoms with Crippen LogP contribution in [0, 0.1) is 11.8 Å². The van der Waals surface area contributed by atoms with Crippen molar-refractivity contribution in [2.75, 3.05) is 0 Å². The highest BCUT2D eigenvalue weighted by Crippen LogP contribution is 2.45. The highest BCUT2D eigenvalue weighted by atomic mass is 16.5. The Balaban J connectivity index is 1.69. The molecular formula is C13H17NO2. The van der Waals surface area contributed by atoms with Crippen LogP contribution in [0.4, 0.5) is 0 Å². The van der Waals surface area contributed by atoms with Gasteiger partial charge in [0.15, 0.2) is 0 Å². The second-order valence-electron chi connectivity index (χ2n) is 4.97. The smallest absolute Gasteiger partial charge is 0.123 e. The summed E-state index contributed by atoms with van der Waals surface area (Å²) < 4.78 is 6.00. The Morgan fingerprint density at radius 2 is 2.31 bits per heavy atom. The fraction of sp³-hybridized carbons (Fsp3) is 0.615. The second-order valence-corrected chi connectivity index (χ2v) is 4.97. The quantitative estimate of drug-likeness (QED) is 0.847. The van der Waals surface area contributed by atoms with Gasteiger partial charge in [0.05, 0.1) is 12.3 Å². The van der Waals surface area contributed by atoms with Crippen molar-refractivity contribution in [3.8, 4) is 5.75 Å². The van der Waals surface area contributed by atoms with Crippen molar-refractivity contribution in [1.82, 2.24) is 4.98 Å². The van der Waals surface area contributed by atoms with E-state index in [0.29, 0.717) is 11.8 Å². The summed E-state index contributed by atoms with van der Waals surface area (Å²) in [7, 11) is 0. The number of aliphatic hydroxyl groups excluding tert-OH is 1. The van der Waals surface area contributed by atoms with Gasteiger partial charge in [-0.2, -0.15) is 0 Å². The summed E-state index contributed by atoms with van der Waals surface area (Å²) in [5.41, 5.74) is 0.681. The predicted octanol–water partition coefficient (Wildman–Crippen LogP) is 2.14. The Hall–Kier alpha value is -1.09. The van der Waals surface area contributed by atoms with E-state index in [1.54, 1.807) is 6.20 Å². The van der Waals surface area contributed by atoms with Crippen LogP contribution in [0.5, 0.6) is 5.75 Å². The predicted molar refractivity (Wildman–Crippen MR) is 60.0 cm³/mol. The summed E-state index contributed by atoms with van der Waals surface area (Å²) in [4.78, 5) is 4.05. The zero-order chi connectivity index (χ0) is 11.0. The lowest BCUT2D eigenvalue weighted by Gasteiger charge is -2.23. The molecule has 3 rings (SSSR count). The molecule has 0 saturated heterocycles. The minimum atomic E-state index is -0.0199. The molecule has 1 N–H and O–H groups in total. The maximum Gasteiger partial charge on any atom is 0.123 e. The van der Waals surface area contributed by atoms with Crippen LogP contribution in [0.3, 0.4) is 0 Å². The first-order chi connectivity index (χ1) is 7.85. The molecule has 0 spiro atoms.